The first-order valence-corrected chi connectivity index (χ1v) is 8.25. The lowest BCUT2D eigenvalue weighted by atomic mass is 10.0. The molecule has 3 nitrogen and oxygen atoms in total. The van der Waals surface area contributed by atoms with Gasteiger partial charge in [-0.3, -0.25) is 0 Å². The summed E-state index contributed by atoms with van der Waals surface area (Å²) in [4.78, 5) is 0. The van der Waals surface area contributed by atoms with Gasteiger partial charge in [-0.2, -0.15) is 0 Å². The lowest BCUT2D eigenvalue weighted by Gasteiger charge is -2.18. The third kappa shape index (κ3) is 6.11. The first-order valence-electron chi connectivity index (χ1n) is 6.19. The van der Waals surface area contributed by atoms with E-state index in [0.29, 0.717) is 24.9 Å². The van der Waals surface area contributed by atoms with E-state index < -0.39 is 21.5 Å². The number of hydrogen-bond donors (Lipinski definition) is 1. The summed E-state index contributed by atoms with van der Waals surface area (Å²) in [5.41, 5.74) is 0.507. The van der Waals surface area contributed by atoms with Crippen LogP contribution in [0.25, 0.3) is 0 Å². The molecule has 0 aliphatic rings. The molecule has 1 unspecified atom stereocenters. The van der Waals surface area contributed by atoms with Crippen LogP contribution in [0.4, 0.5) is 8.78 Å². The van der Waals surface area contributed by atoms with Crippen LogP contribution in [0.3, 0.4) is 0 Å². The maximum atomic E-state index is 13.2. The molecule has 1 N–H and O–H groups in total. The maximum Gasteiger partial charge on any atom is 0.147 e. The molecule has 0 fully saturated rings. The Hall–Kier alpha value is -1.01. The number of rotatable bonds is 7. The highest BCUT2D eigenvalue weighted by molar-refractivity contribution is 7.90. The van der Waals surface area contributed by atoms with E-state index >= 15 is 0 Å². The fourth-order valence-corrected chi connectivity index (χ4v) is 2.65. The minimum Gasteiger partial charge on any atom is -0.310 e. The lowest BCUT2D eigenvalue weighted by Crippen LogP contribution is -2.22. The monoisotopic (exact) mass is 291 g/mol. The minimum atomic E-state index is -3.01. The van der Waals surface area contributed by atoms with E-state index in [1.54, 1.807) is 0 Å². The Morgan fingerprint density at radius 1 is 1.21 bits per heavy atom. The van der Waals surface area contributed by atoms with Crippen molar-refractivity contribution in [3.05, 3.63) is 35.4 Å². The third-order valence-electron chi connectivity index (χ3n) is 2.75. The molecule has 6 heteroatoms. The highest BCUT2D eigenvalue weighted by atomic mass is 32.2. The average Bonchev–Trinajstić information content (AvgIpc) is 2.25. The molecule has 0 spiro atoms. The van der Waals surface area contributed by atoms with E-state index in [2.05, 4.69) is 5.32 Å². The molecule has 0 aliphatic heterocycles. The highest BCUT2D eigenvalue weighted by Crippen LogP contribution is 2.21. The van der Waals surface area contributed by atoms with Gasteiger partial charge >= 0.3 is 0 Å². The Kier molecular flexibility index (Phi) is 5.87. The molecule has 1 atom stereocenters. The van der Waals surface area contributed by atoms with Crippen molar-refractivity contribution in [3.63, 3.8) is 0 Å². The van der Waals surface area contributed by atoms with Gasteiger partial charge in [-0.25, -0.2) is 17.2 Å². The van der Waals surface area contributed by atoms with Crippen molar-refractivity contribution in [2.24, 2.45) is 0 Å². The smallest absolute Gasteiger partial charge is 0.147 e. The van der Waals surface area contributed by atoms with Crippen molar-refractivity contribution in [2.75, 3.05) is 18.6 Å². The van der Waals surface area contributed by atoms with Gasteiger partial charge in [0, 0.05) is 24.1 Å². The van der Waals surface area contributed by atoms with Gasteiger partial charge in [-0.05, 0) is 37.1 Å². The second-order valence-corrected chi connectivity index (χ2v) is 6.84. The minimum absolute atomic E-state index is 0.0761. The van der Waals surface area contributed by atoms with Crippen LogP contribution in [0.2, 0.25) is 0 Å². The van der Waals surface area contributed by atoms with Gasteiger partial charge in [0.1, 0.15) is 21.5 Å². The summed E-state index contributed by atoms with van der Waals surface area (Å²) in [5.74, 6) is -1.17. The largest absolute Gasteiger partial charge is 0.310 e. The second-order valence-electron chi connectivity index (χ2n) is 4.59. The van der Waals surface area contributed by atoms with Crippen molar-refractivity contribution in [3.8, 4) is 0 Å². The van der Waals surface area contributed by atoms with Crippen LogP contribution in [0.15, 0.2) is 18.2 Å². The van der Waals surface area contributed by atoms with Crippen LogP contribution >= 0.6 is 0 Å². The SMILES string of the molecule is CCNC(CCCS(C)(=O)=O)c1cc(F)cc(F)c1. The normalized spacial score (nSPS) is 13.5. The van der Waals surface area contributed by atoms with Crippen LogP contribution in [0, 0.1) is 11.6 Å². The zero-order chi connectivity index (χ0) is 14.5. The second kappa shape index (κ2) is 6.96. The topological polar surface area (TPSA) is 46.2 Å². The predicted molar refractivity (Wildman–Crippen MR) is 71.7 cm³/mol. The Morgan fingerprint density at radius 2 is 1.79 bits per heavy atom. The van der Waals surface area contributed by atoms with Crippen LogP contribution in [0.5, 0.6) is 0 Å². The molecule has 0 saturated carbocycles. The van der Waals surface area contributed by atoms with Gasteiger partial charge in [0.25, 0.3) is 0 Å². The van der Waals surface area contributed by atoms with Crippen molar-refractivity contribution < 1.29 is 17.2 Å². The summed E-state index contributed by atoms with van der Waals surface area (Å²) < 4.78 is 48.5. The number of benzene rings is 1. The first-order chi connectivity index (χ1) is 8.81. The molecule has 108 valence electrons. The average molecular weight is 291 g/mol. The molecular weight excluding hydrogens is 272 g/mol. The summed E-state index contributed by atoms with van der Waals surface area (Å²) in [5, 5.41) is 3.11. The van der Waals surface area contributed by atoms with E-state index in [0.717, 1.165) is 6.07 Å². The zero-order valence-electron chi connectivity index (χ0n) is 11.1. The Bertz CT molecular complexity index is 497. The molecule has 0 bridgehead atoms. The predicted octanol–water partition coefficient (Wildman–Crippen LogP) is 2.44. The van der Waals surface area contributed by atoms with Gasteiger partial charge in [-0.1, -0.05) is 6.92 Å². The van der Waals surface area contributed by atoms with Crippen molar-refractivity contribution in [1.82, 2.24) is 5.32 Å². The lowest BCUT2D eigenvalue weighted by molar-refractivity contribution is 0.496. The summed E-state index contributed by atoms with van der Waals surface area (Å²) in [6.45, 7) is 2.53. The molecule has 0 saturated heterocycles. The van der Waals surface area contributed by atoms with Crippen LogP contribution in [-0.4, -0.2) is 27.0 Å². The number of sulfone groups is 1. The molecule has 1 aromatic rings. The number of hydrogen-bond acceptors (Lipinski definition) is 3. The van der Waals surface area contributed by atoms with Crippen molar-refractivity contribution in [2.45, 2.75) is 25.8 Å². The van der Waals surface area contributed by atoms with E-state index in [1.165, 1.54) is 18.4 Å². The summed E-state index contributed by atoms with van der Waals surface area (Å²) in [7, 11) is -3.01. The van der Waals surface area contributed by atoms with Gasteiger partial charge in [0.05, 0.1) is 0 Å². The van der Waals surface area contributed by atoms with Crippen molar-refractivity contribution >= 4 is 9.84 Å². The summed E-state index contributed by atoms with van der Waals surface area (Å²) >= 11 is 0. The fraction of sp³-hybridized carbons (Fsp3) is 0.538. The standard InChI is InChI=1S/C13H19F2NO2S/c1-3-16-13(5-4-6-19(2,17)18)10-7-11(14)9-12(15)8-10/h7-9,13,16H,3-6H2,1-2H3. The quantitative estimate of drug-likeness (QED) is 0.839. The molecular formula is C13H19F2NO2S. The van der Waals surface area contributed by atoms with E-state index in [4.69, 9.17) is 0 Å². The summed E-state index contributed by atoms with van der Waals surface area (Å²) in [6, 6.07) is 3.13. The first kappa shape index (κ1) is 16.0. The molecule has 0 amide bonds. The van der Waals surface area contributed by atoms with Gasteiger partial charge in [0.15, 0.2) is 0 Å². The molecule has 0 aromatic heterocycles. The van der Waals surface area contributed by atoms with E-state index in [9.17, 15) is 17.2 Å². The van der Waals surface area contributed by atoms with Crippen molar-refractivity contribution in [1.29, 1.82) is 0 Å². The Labute approximate surface area is 112 Å². The van der Waals surface area contributed by atoms with Crippen LogP contribution < -0.4 is 5.32 Å². The Morgan fingerprint density at radius 3 is 2.26 bits per heavy atom. The van der Waals surface area contributed by atoms with E-state index in [-0.39, 0.29) is 11.8 Å². The summed E-state index contributed by atoms with van der Waals surface area (Å²) in [6.07, 6.45) is 2.15. The molecule has 1 aromatic carbocycles. The molecule has 0 aliphatic carbocycles. The Balaban J connectivity index is 2.76. The van der Waals surface area contributed by atoms with Crippen LogP contribution in [0.1, 0.15) is 31.4 Å². The van der Waals surface area contributed by atoms with Gasteiger partial charge in [0.2, 0.25) is 0 Å². The maximum absolute atomic E-state index is 13.2. The number of halogens is 2. The van der Waals surface area contributed by atoms with Gasteiger partial charge < -0.3 is 5.32 Å². The molecule has 0 radical (unpaired) electrons. The van der Waals surface area contributed by atoms with E-state index in [1.807, 2.05) is 6.92 Å². The molecule has 1 rings (SSSR count). The van der Waals surface area contributed by atoms with Crippen LogP contribution in [-0.2, 0) is 9.84 Å². The molecule has 19 heavy (non-hydrogen) atoms. The highest BCUT2D eigenvalue weighted by Gasteiger charge is 2.13. The van der Waals surface area contributed by atoms with Gasteiger partial charge in [-0.15, -0.1) is 0 Å². The molecule has 0 heterocycles. The fourth-order valence-electron chi connectivity index (χ4n) is 1.96. The number of nitrogens with one attached hydrogen (secondary N) is 1. The third-order valence-corrected chi connectivity index (χ3v) is 3.78. The zero-order valence-corrected chi connectivity index (χ0v) is 11.9.